The molecular weight excluding hydrogens is 316 g/mol. The Kier molecular flexibility index (Phi) is 3.16. The number of carbonyl (C=O) groups is 1. The molecule has 5 nitrogen and oxygen atoms in total. The Labute approximate surface area is 133 Å². The van der Waals surface area contributed by atoms with Crippen LogP contribution in [0.25, 0.3) is 0 Å². The van der Waals surface area contributed by atoms with Gasteiger partial charge in [0.15, 0.2) is 21.3 Å². The van der Waals surface area contributed by atoms with Crippen LogP contribution >= 0.6 is 0 Å². The lowest BCUT2D eigenvalue weighted by molar-refractivity contribution is -0.108. The van der Waals surface area contributed by atoms with Gasteiger partial charge in [0.2, 0.25) is 6.79 Å². The number of ether oxygens (including phenoxy) is 2. The summed E-state index contributed by atoms with van der Waals surface area (Å²) in [6.45, 7) is 0.159. The Morgan fingerprint density at radius 2 is 1.74 bits per heavy atom. The van der Waals surface area contributed by atoms with E-state index in [4.69, 9.17) is 9.47 Å². The van der Waals surface area contributed by atoms with E-state index < -0.39 is 21.0 Å². The van der Waals surface area contributed by atoms with Gasteiger partial charge in [0.1, 0.15) is 6.29 Å². The molecule has 3 atom stereocenters. The van der Waals surface area contributed by atoms with E-state index in [9.17, 15) is 13.2 Å². The summed E-state index contributed by atoms with van der Waals surface area (Å²) in [5.41, 5.74) is 0.788. The van der Waals surface area contributed by atoms with Crippen molar-refractivity contribution in [2.75, 3.05) is 6.79 Å². The molecule has 118 valence electrons. The fraction of sp³-hybridized carbons (Fsp3) is 0.235. The summed E-state index contributed by atoms with van der Waals surface area (Å²) in [7, 11) is -3.54. The van der Waals surface area contributed by atoms with Crippen molar-refractivity contribution in [3.8, 4) is 11.5 Å². The Balaban J connectivity index is 1.70. The van der Waals surface area contributed by atoms with E-state index >= 15 is 0 Å². The van der Waals surface area contributed by atoms with Crippen LogP contribution in [0, 0.1) is 5.92 Å². The third kappa shape index (κ3) is 2.21. The largest absolute Gasteiger partial charge is 0.454 e. The minimum absolute atomic E-state index is 0.159. The minimum Gasteiger partial charge on any atom is -0.454 e. The fourth-order valence-corrected chi connectivity index (χ4v) is 5.30. The third-order valence-corrected chi connectivity index (χ3v) is 6.63. The molecule has 0 aromatic heterocycles. The molecular formula is C17H14O5S. The van der Waals surface area contributed by atoms with Gasteiger partial charge in [0.25, 0.3) is 0 Å². The van der Waals surface area contributed by atoms with Crippen molar-refractivity contribution in [1.29, 1.82) is 0 Å². The van der Waals surface area contributed by atoms with Crippen LogP contribution in [0.4, 0.5) is 0 Å². The number of rotatable bonds is 4. The number of sulfone groups is 1. The Morgan fingerprint density at radius 1 is 1.00 bits per heavy atom. The molecule has 1 saturated carbocycles. The number of carbonyl (C=O) groups excluding carboxylic acids is 1. The van der Waals surface area contributed by atoms with Gasteiger partial charge in [-0.15, -0.1) is 0 Å². The molecule has 1 fully saturated rings. The van der Waals surface area contributed by atoms with E-state index in [1.54, 1.807) is 48.5 Å². The Bertz CT molecular complexity index is 860. The van der Waals surface area contributed by atoms with Crippen LogP contribution in [0.3, 0.4) is 0 Å². The maximum atomic E-state index is 12.8. The first kappa shape index (κ1) is 14.3. The van der Waals surface area contributed by atoms with Gasteiger partial charge in [-0.2, -0.15) is 0 Å². The molecule has 0 radical (unpaired) electrons. The normalized spacial score (nSPS) is 25.1. The second-order valence-corrected chi connectivity index (χ2v) is 7.78. The zero-order valence-corrected chi connectivity index (χ0v) is 12.9. The number of benzene rings is 2. The quantitative estimate of drug-likeness (QED) is 0.804. The first-order valence-corrected chi connectivity index (χ1v) is 8.81. The van der Waals surface area contributed by atoms with E-state index in [-0.39, 0.29) is 17.6 Å². The second-order valence-electron chi connectivity index (χ2n) is 5.67. The summed E-state index contributed by atoms with van der Waals surface area (Å²) in [5, 5.41) is -0.720. The van der Waals surface area contributed by atoms with E-state index in [1.165, 1.54) is 0 Å². The average molecular weight is 330 g/mol. The maximum Gasteiger partial charge on any atom is 0.231 e. The van der Waals surface area contributed by atoms with Crippen molar-refractivity contribution in [2.24, 2.45) is 5.92 Å². The first-order valence-electron chi connectivity index (χ1n) is 7.27. The molecule has 0 spiro atoms. The molecule has 23 heavy (non-hydrogen) atoms. The van der Waals surface area contributed by atoms with Gasteiger partial charge in [0, 0.05) is 11.8 Å². The van der Waals surface area contributed by atoms with Gasteiger partial charge in [-0.3, -0.25) is 0 Å². The van der Waals surface area contributed by atoms with Crippen molar-refractivity contribution in [1.82, 2.24) is 0 Å². The molecule has 6 heteroatoms. The summed E-state index contributed by atoms with van der Waals surface area (Å²) >= 11 is 0. The van der Waals surface area contributed by atoms with Gasteiger partial charge in [-0.25, -0.2) is 8.42 Å². The third-order valence-electron chi connectivity index (χ3n) is 4.38. The molecule has 2 aromatic rings. The molecule has 1 aliphatic carbocycles. The number of hydrogen-bond acceptors (Lipinski definition) is 5. The number of hydrogen-bond donors (Lipinski definition) is 0. The van der Waals surface area contributed by atoms with Gasteiger partial charge in [-0.05, 0) is 29.8 Å². The van der Waals surface area contributed by atoms with Gasteiger partial charge >= 0.3 is 0 Å². The average Bonchev–Trinajstić information content (AvgIpc) is 3.15. The summed E-state index contributed by atoms with van der Waals surface area (Å²) < 4.78 is 36.1. The van der Waals surface area contributed by atoms with Gasteiger partial charge in [0.05, 0.1) is 10.1 Å². The Hall–Kier alpha value is -2.34. The van der Waals surface area contributed by atoms with Crippen LogP contribution in [-0.2, 0) is 14.6 Å². The smallest absolute Gasteiger partial charge is 0.231 e. The zero-order valence-electron chi connectivity index (χ0n) is 12.1. The maximum absolute atomic E-state index is 12.8. The topological polar surface area (TPSA) is 69.7 Å². The highest BCUT2D eigenvalue weighted by Gasteiger charge is 2.59. The number of fused-ring (bicyclic) bond motifs is 1. The highest BCUT2D eigenvalue weighted by atomic mass is 32.2. The zero-order chi connectivity index (χ0) is 16.0. The summed E-state index contributed by atoms with van der Waals surface area (Å²) in [6, 6.07) is 13.6. The molecule has 0 bridgehead atoms. The molecule has 1 heterocycles. The molecule has 0 unspecified atom stereocenters. The van der Waals surface area contributed by atoms with Gasteiger partial charge < -0.3 is 14.3 Å². The van der Waals surface area contributed by atoms with Crippen LogP contribution in [0.1, 0.15) is 11.5 Å². The standard InChI is InChI=1S/C17H14O5S/c18-9-13-16(11-6-7-14-15(8-11)22-10-21-14)17(13)23(19,20)12-4-2-1-3-5-12/h1-9,13,16-17H,10H2/t13-,16+,17+/m1/s1. The van der Waals surface area contributed by atoms with Crippen LogP contribution < -0.4 is 9.47 Å². The van der Waals surface area contributed by atoms with Gasteiger partial charge in [-0.1, -0.05) is 24.3 Å². The van der Waals surface area contributed by atoms with Crippen LogP contribution in [0.2, 0.25) is 0 Å². The molecule has 1 aliphatic heterocycles. The van der Waals surface area contributed by atoms with Crippen molar-refractivity contribution in [3.63, 3.8) is 0 Å². The van der Waals surface area contributed by atoms with Crippen LogP contribution in [0.5, 0.6) is 11.5 Å². The lowest BCUT2D eigenvalue weighted by Gasteiger charge is -2.04. The van der Waals surface area contributed by atoms with E-state index in [0.29, 0.717) is 11.5 Å². The first-order chi connectivity index (χ1) is 11.1. The van der Waals surface area contributed by atoms with E-state index in [1.807, 2.05) is 0 Å². The van der Waals surface area contributed by atoms with Crippen LogP contribution in [0.15, 0.2) is 53.4 Å². The highest BCUT2D eigenvalue weighted by Crippen LogP contribution is 2.54. The minimum atomic E-state index is -3.54. The predicted molar refractivity (Wildman–Crippen MR) is 82.3 cm³/mol. The predicted octanol–water partition coefficient (Wildman–Crippen LogP) is 2.17. The fourth-order valence-electron chi connectivity index (χ4n) is 3.17. The Morgan fingerprint density at radius 3 is 2.48 bits per heavy atom. The SMILES string of the molecule is O=C[C@@H]1[C@H](c2ccc3c(c2)OCO3)[C@H]1S(=O)(=O)c1ccccc1. The summed E-state index contributed by atoms with van der Waals surface area (Å²) in [4.78, 5) is 11.6. The summed E-state index contributed by atoms with van der Waals surface area (Å²) in [5.74, 6) is 0.363. The lowest BCUT2D eigenvalue weighted by atomic mass is 10.1. The van der Waals surface area contributed by atoms with E-state index in [0.717, 1.165) is 11.8 Å². The molecule has 0 N–H and O–H groups in total. The number of aldehydes is 1. The van der Waals surface area contributed by atoms with Crippen molar-refractivity contribution < 1.29 is 22.7 Å². The van der Waals surface area contributed by atoms with Crippen molar-refractivity contribution in [3.05, 3.63) is 54.1 Å². The van der Waals surface area contributed by atoms with Crippen molar-refractivity contribution in [2.45, 2.75) is 16.1 Å². The van der Waals surface area contributed by atoms with E-state index in [2.05, 4.69) is 0 Å². The molecule has 0 saturated heterocycles. The second kappa shape index (κ2) is 5.09. The summed E-state index contributed by atoms with van der Waals surface area (Å²) in [6.07, 6.45) is 0.737. The molecule has 2 aromatic carbocycles. The monoisotopic (exact) mass is 330 g/mol. The molecule has 2 aliphatic rings. The molecule has 4 rings (SSSR count). The molecule has 0 amide bonds. The highest BCUT2D eigenvalue weighted by molar-refractivity contribution is 7.92. The van der Waals surface area contributed by atoms with Crippen molar-refractivity contribution >= 4 is 16.1 Å². The van der Waals surface area contributed by atoms with Crippen LogP contribution in [-0.4, -0.2) is 26.7 Å². The lowest BCUT2D eigenvalue weighted by Crippen LogP contribution is -2.10.